The second-order valence-corrected chi connectivity index (χ2v) is 8.02. The lowest BCUT2D eigenvalue weighted by molar-refractivity contribution is -0.140. The molecule has 2 atom stereocenters. The van der Waals surface area contributed by atoms with Crippen molar-refractivity contribution in [3.05, 3.63) is 0 Å². The Hall–Kier alpha value is -0.660. The number of hydrogen-bond acceptors (Lipinski definition) is 5. The van der Waals surface area contributed by atoms with E-state index in [2.05, 4.69) is 5.32 Å². The van der Waals surface area contributed by atoms with Gasteiger partial charge in [0.2, 0.25) is 5.91 Å². The standard InChI is InChI=1S/C13H24N2O4S/c1-10(11-7-14-8-11)13(16)15(4-5-19-2)12-3-6-20(17,18)9-12/h10-12,14H,3-9H2,1-2H3. The van der Waals surface area contributed by atoms with E-state index in [1.807, 2.05) is 6.92 Å². The van der Waals surface area contributed by atoms with E-state index in [1.165, 1.54) is 0 Å². The van der Waals surface area contributed by atoms with Gasteiger partial charge in [0.05, 0.1) is 18.1 Å². The molecule has 0 radical (unpaired) electrons. The number of ether oxygens (including phenoxy) is 1. The molecule has 0 aromatic heterocycles. The Kier molecular flexibility index (Phi) is 5.04. The SMILES string of the molecule is COCCN(C(=O)C(C)C1CNC1)C1CCS(=O)(=O)C1. The average Bonchev–Trinajstić information content (AvgIpc) is 2.67. The van der Waals surface area contributed by atoms with Crippen molar-refractivity contribution in [3.8, 4) is 0 Å². The summed E-state index contributed by atoms with van der Waals surface area (Å²) in [5.41, 5.74) is 0. The van der Waals surface area contributed by atoms with Crippen molar-refractivity contribution in [1.29, 1.82) is 0 Å². The number of carbonyl (C=O) groups is 1. The van der Waals surface area contributed by atoms with Crippen LogP contribution in [-0.4, -0.2) is 70.1 Å². The first-order chi connectivity index (χ1) is 9.44. The Morgan fingerprint density at radius 2 is 2.15 bits per heavy atom. The summed E-state index contributed by atoms with van der Waals surface area (Å²) in [6.07, 6.45) is 0.549. The van der Waals surface area contributed by atoms with Crippen LogP contribution < -0.4 is 5.32 Å². The van der Waals surface area contributed by atoms with Crippen LogP contribution in [0.15, 0.2) is 0 Å². The lowest BCUT2D eigenvalue weighted by Gasteiger charge is -2.37. The van der Waals surface area contributed by atoms with E-state index in [-0.39, 0.29) is 29.4 Å². The molecule has 2 rings (SSSR count). The highest BCUT2D eigenvalue weighted by Crippen LogP contribution is 2.23. The number of nitrogens with zero attached hydrogens (tertiary/aromatic N) is 1. The molecule has 116 valence electrons. The molecule has 0 bridgehead atoms. The van der Waals surface area contributed by atoms with Gasteiger partial charge >= 0.3 is 0 Å². The molecule has 2 aliphatic rings. The summed E-state index contributed by atoms with van der Waals surface area (Å²) >= 11 is 0. The van der Waals surface area contributed by atoms with Gasteiger partial charge in [-0.05, 0) is 25.4 Å². The van der Waals surface area contributed by atoms with Gasteiger partial charge in [-0.15, -0.1) is 0 Å². The van der Waals surface area contributed by atoms with Gasteiger partial charge in [-0.1, -0.05) is 6.92 Å². The van der Waals surface area contributed by atoms with E-state index >= 15 is 0 Å². The molecule has 0 aromatic carbocycles. The van der Waals surface area contributed by atoms with Crippen molar-refractivity contribution < 1.29 is 17.9 Å². The maximum Gasteiger partial charge on any atom is 0.226 e. The van der Waals surface area contributed by atoms with Gasteiger partial charge in [0.25, 0.3) is 0 Å². The third-order valence-electron chi connectivity index (χ3n) is 4.38. The number of carbonyl (C=O) groups excluding carboxylic acids is 1. The van der Waals surface area contributed by atoms with Gasteiger partial charge in [-0.25, -0.2) is 8.42 Å². The summed E-state index contributed by atoms with van der Waals surface area (Å²) in [7, 11) is -1.39. The van der Waals surface area contributed by atoms with Gasteiger partial charge in [-0.2, -0.15) is 0 Å². The first-order valence-electron chi connectivity index (χ1n) is 7.15. The third-order valence-corrected chi connectivity index (χ3v) is 6.13. The van der Waals surface area contributed by atoms with Gasteiger partial charge in [-0.3, -0.25) is 4.79 Å². The number of amides is 1. The van der Waals surface area contributed by atoms with Gasteiger partial charge in [0.1, 0.15) is 0 Å². The monoisotopic (exact) mass is 304 g/mol. The Balaban J connectivity index is 2.04. The molecule has 2 aliphatic heterocycles. The minimum atomic E-state index is -2.98. The van der Waals surface area contributed by atoms with E-state index in [1.54, 1.807) is 12.0 Å². The normalized spacial score (nSPS) is 27.0. The lowest BCUT2D eigenvalue weighted by Crippen LogP contribution is -2.53. The number of rotatable bonds is 6. The van der Waals surface area contributed by atoms with E-state index in [0.717, 1.165) is 13.1 Å². The van der Waals surface area contributed by atoms with Crippen LogP contribution in [0.4, 0.5) is 0 Å². The Labute approximate surface area is 120 Å². The predicted molar refractivity (Wildman–Crippen MR) is 76.2 cm³/mol. The third kappa shape index (κ3) is 3.51. The van der Waals surface area contributed by atoms with E-state index < -0.39 is 9.84 Å². The predicted octanol–water partition coefficient (Wildman–Crippen LogP) is -0.496. The van der Waals surface area contributed by atoms with E-state index in [9.17, 15) is 13.2 Å². The van der Waals surface area contributed by atoms with Crippen LogP contribution in [0, 0.1) is 11.8 Å². The van der Waals surface area contributed by atoms with Gasteiger partial charge in [0.15, 0.2) is 9.84 Å². The zero-order valence-electron chi connectivity index (χ0n) is 12.2. The maximum atomic E-state index is 12.6. The van der Waals surface area contributed by atoms with Crippen molar-refractivity contribution in [1.82, 2.24) is 10.2 Å². The molecule has 2 unspecified atom stereocenters. The lowest BCUT2D eigenvalue weighted by atomic mass is 9.87. The molecule has 20 heavy (non-hydrogen) atoms. The highest BCUT2D eigenvalue weighted by Gasteiger charge is 2.38. The smallest absolute Gasteiger partial charge is 0.226 e. The maximum absolute atomic E-state index is 12.6. The minimum absolute atomic E-state index is 0.0589. The van der Waals surface area contributed by atoms with Gasteiger partial charge in [0, 0.05) is 25.6 Å². The molecule has 1 amide bonds. The van der Waals surface area contributed by atoms with Crippen LogP contribution in [0.2, 0.25) is 0 Å². The fourth-order valence-corrected chi connectivity index (χ4v) is 4.54. The zero-order valence-corrected chi connectivity index (χ0v) is 13.0. The topological polar surface area (TPSA) is 75.7 Å². The first kappa shape index (κ1) is 15.7. The molecule has 0 spiro atoms. The number of sulfone groups is 1. The molecule has 0 aliphatic carbocycles. The zero-order chi connectivity index (χ0) is 14.8. The second-order valence-electron chi connectivity index (χ2n) is 5.79. The molecular weight excluding hydrogens is 280 g/mol. The molecule has 2 saturated heterocycles. The fourth-order valence-electron chi connectivity index (χ4n) is 2.81. The summed E-state index contributed by atoms with van der Waals surface area (Å²) < 4.78 is 28.3. The van der Waals surface area contributed by atoms with E-state index in [4.69, 9.17) is 4.74 Å². The van der Waals surface area contributed by atoms with Crippen LogP contribution in [-0.2, 0) is 19.4 Å². The summed E-state index contributed by atoms with van der Waals surface area (Å²) in [6, 6.07) is -0.182. The molecule has 6 nitrogen and oxygen atoms in total. The van der Waals surface area contributed by atoms with Gasteiger partial charge < -0.3 is 15.0 Å². The van der Waals surface area contributed by atoms with E-state index in [0.29, 0.717) is 25.5 Å². The Morgan fingerprint density at radius 3 is 2.60 bits per heavy atom. The largest absolute Gasteiger partial charge is 0.383 e. The van der Waals surface area contributed by atoms with Crippen LogP contribution in [0.5, 0.6) is 0 Å². The molecule has 2 heterocycles. The Bertz CT molecular complexity index is 447. The molecule has 0 aromatic rings. The quantitative estimate of drug-likeness (QED) is 0.716. The summed E-state index contributed by atoms with van der Waals surface area (Å²) in [4.78, 5) is 14.4. The highest BCUT2D eigenvalue weighted by molar-refractivity contribution is 7.91. The van der Waals surface area contributed by atoms with Crippen LogP contribution >= 0.6 is 0 Å². The molecule has 7 heteroatoms. The van der Waals surface area contributed by atoms with Crippen molar-refractivity contribution in [2.24, 2.45) is 11.8 Å². The first-order valence-corrected chi connectivity index (χ1v) is 8.97. The summed E-state index contributed by atoms with van der Waals surface area (Å²) in [5, 5.41) is 3.17. The molecule has 1 N–H and O–H groups in total. The van der Waals surface area contributed by atoms with Crippen LogP contribution in [0.25, 0.3) is 0 Å². The molecule has 2 fully saturated rings. The summed E-state index contributed by atoms with van der Waals surface area (Å²) in [6.45, 7) is 4.59. The molecule has 0 saturated carbocycles. The number of hydrogen-bond donors (Lipinski definition) is 1. The van der Waals surface area contributed by atoms with Crippen molar-refractivity contribution >= 4 is 15.7 Å². The minimum Gasteiger partial charge on any atom is -0.383 e. The Morgan fingerprint density at radius 1 is 1.45 bits per heavy atom. The average molecular weight is 304 g/mol. The fraction of sp³-hybridized carbons (Fsp3) is 0.923. The van der Waals surface area contributed by atoms with Crippen molar-refractivity contribution in [2.45, 2.75) is 19.4 Å². The molecular formula is C13H24N2O4S. The van der Waals surface area contributed by atoms with Crippen LogP contribution in [0.3, 0.4) is 0 Å². The highest BCUT2D eigenvalue weighted by atomic mass is 32.2. The number of nitrogens with one attached hydrogen (secondary N) is 1. The van der Waals surface area contributed by atoms with Crippen LogP contribution in [0.1, 0.15) is 13.3 Å². The number of methoxy groups -OCH3 is 1. The van der Waals surface area contributed by atoms with Crippen molar-refractivity contribution in [2.75, 3.05) is 44.9 Å². The van der Waals surface area contributed by atoms with Crippen molar-refractivity contribution in [3.63, 3.8) is 0 Å². The summed E-state index contributed by atoms with van der Waals surface area (Å²) in [5.74, 6) is 0.656. The second kappa shape index (κ2) is 6.41.